The van der Waals surface area contributed by atoms with Crippen LogP contribution >= 0.6 is 0 Å². The van der Waals surface area contributed by atoms with E-state index in [4.69, 9.17) is 5.73 Å². The Kier molecular flexibility index (Phi) is 5.40. The van der Waals surface area contributed by atoms with Gasteiger partial charge in [-0.3, -0.25) is 0 Å². The molecule has 1 unspecified atom stereocenters. The van der Waals surface area contributed by atoms with Gasteiger partial charge in [-0.1, -0.05) is 36.4 Å². The van der Waals surface area contributed by atoms with E-state index in [-0.39, 0.29) is 6.04 Å². The number of hydrogen-bond donors (Lipinski definition) is 1. The molecule has 2 aromatic rings. The van der Waals surface area contributed by atoms with E-state index in [9.17, 15) is 0 Å². The summed E-state index contributed by atoms with van der Waals surface area (Å²) in [5.74, 6) is 0. The molecule has 0 saturated heterocycles. The summed E-state index contributed by atoms with van der Waals surface area (Å²) in [4.78, 5) is 2.32. The van der Waals surface area contributed by atoms with Crippen LogP contribution in [0.3, 0.4) is 0 Å². The van der Waals surface area contributed by atoms with Gasteiger partial charge < -0.3 is 10.6 Å². The van der Waals surface area contributed by atoms with Crippen molar-refractivity contribution >= 4 is 5.69 Å². The third kappa shape index (κ3) is 4.61. The highest BCUT2D eigenvalue weighted by Crippen LogP contribution is 2.19. The monoisotopic (exact) mass is 282 g/mol. The van der Waals surface area contributed by atoms with Crippen molar-refractivity contribution in [3.63, 3.8) is 0 Å². The first kappa shape index (κ1) is 15.6. The minimum absolute atomic E-state index is 0.138. The van der Waals surface area contributed by atoms with Crippen LogP contribution in [0.15, 0.2) is 48.5 Å². The number of benzene rings is 2. The van der Waals surface area contributed by atoms with Gasteiger partial charge in [-0.15, -0.1) is 0 Å². The average molecular weight is 282 g/mol. The maximum Gasteiger partial charge on any atom is 0.0368 e. The van der Waals surface area contributed by atoms with Gasteiger partial charge in [-0.2, -0.15) is 0 Å². The van der Waals surface area contributed by atoms with E-state index in [1.165, 1.54) is 22.4 Å². The first-order chi connectivity index (χ1) is 10.1. The lowest BCUT2D eigenvalue weighted by Crippen LogP contribution is -2.20. The van der Waals surface area contributed by atoms with Crippen LogP contribution in [0.4, 0.5) is 5.69 Å². The predicted octanol–water partition coefficient (Wildman–Crippen LogP) is 4.22. The number of anilines is 1. The van der Waals surface area contributed by atoms with Gasteiger partial charge in [0.15, 0.2) is 0 Å². The van der Waals surface area contributed by atoms with Crippen LogP contribution in [0.5, 0.6) is 0 Å². The molecular formula is C19H26N2. The molecule has 2 nitrogen and oxygen atoms in total. The zero-order valence-electron chi connectivity index (χ0n) is 13.3. The molecule has 0 aliphatic rings. The number of hydrogen-bond acceptors (Lipinski definition) is 2. The molecule has 0 radical (unpaired) electrons. The smallest absolute Gasteiger partial charge is 0.0368 e. The Bertz CT molecular complexity index is 543. The van der Waals surface area contributed by atoms with Crippen LogP contribution in [-0.2, 0) is 0 Å². The second-order valence-electron chi connectivity index (χ2n) is 5.93. The first-order valence-electron chi connectivity index (χ1n) is 7.66. The van der Waals surface area contributed by atoms with E-state index in [0.29, 0.717) is 0 Å². The average Bonchev–Trinajstić information content (AvgIpc) is 2.47. The molecule has 0 fully saturated rings. The fourth-order valence-electron chi connectivity index (χ4n) is 2.72. The van der Waals surface area contributed by atoms with Crippen LogP contribution in [0, 0.1) is 13.8 Å². The van der Waals surface area contributed by atoms with Crippen molar-refractivity contribution in [2.45, 2.75) is 32.7 Å². The lowest BCUT2D eigenvalue weighted by molar-refractivity contribution is 0.609. The fourth-order valence-corrected chi connectivity index (χ4v) is 2.72. The Labute approximate surface area is 128 Å². The summed E-state index contributed by atoms with van der Waals surface area (Å²) in [5.41, 5.74) is 11.4. The summed E-state index contributed by atoms with van der Waals surface area (Å²) >= 11 is 0. The van der Waals surface area contributed by atoms with Crippen molar-refractivity contribution in [3.05, 3.63) is 65.2 Å². The summed E-state index contributed by atoms with van der Waals surface area (Å²) in [7, 11) is 2.16. The second kappa shape index (κ2) is 7.28. The van der Waals surface area contributed by atoms with E-state index >= 15 is 0 Å². The van der Waals surface area contributed by atoms with Crippen LogP contribution in [0.1, 0.15) is 35.6 Å². The Morgan fingerprint density at radius 1 is 1.00 bits per heavy atom. The Morgan fingerprint density at radius 3 is 2.24 bits per heavy atom. The second-order valence-corrected chi connectivity index (χ2v) is 5.93. The molecule has 2 aromatic carbocycles. The highest BCUT2D eigenvalue weighted by Gasteiger charge is 2.07. The molecule has 0 heterocycles. The molecule has 0 bridgehead atoms. The Balaban J connectivity index is 1.85. The molecule has 0 saturated carbocycles. The molecule has 21 heavy (non-hydrogen) atoms. The first-order valence-corrected chi connectivity index (χ1v) is 7.66. The zero-order chi connectivity index (χ0) is 15.2. The maximum absolute atomic E-state index is 6.25. The van der Waals surface area contributed by atoms with Crippen LogP contribution in [-0.4, -0.2) is 13.6 Å². The normalized spacial score (nSPS) is 12.2. The summed E-state index contributed by atoms with van der Waals surface area (Å²) in [6.07, 6.45) is 2.11. The van der Waals surface area contributed by atoms with Crippen LogP contribution < -0.4 is 10.6 Å². The lowest BCUT2D eigenvalue weighted by Gasteiger charge is -2.21. The maximum atomic E-state index is 6.25. The molecule has 0 spiro atoms. The number of rotatable bonds is 6. The van der Waals surface area contributed by atoms with Crippen molar-refractivity contribution in [2.24, 2.45) is 5.73 Å². The van der Waals surface area contributed by atoms with Gasteiger partial charge in [-0.05, 0) is 55.5 Å². The molecule has 112 valence electrons. The molecular weight excluding hydrogens is 256 g/mol. The number of nitrogens with zero attached hydrogens (tertiary/aromatic N) is 1. The third-order valence-corrected chi connectivity index (χ3v) is 3.88. The van der Waals surface area contributed by atoms with Gasteiger partial charge >= 0.3 is 0 Å². The van der Waals surface area contributed by atoms with E-state index in [2.05, 4.69) is 68.3 Å². The van der Waals surface area contributed by atoms with Gasteiger partial charge in [0.25, 0.3) is 0 Å². The number of nitrogens with two attached hydrogens (primary N) is 1. The van der Waals surface area contributed by atoms with Gasteiger partial charge in [0.05, 0.1) is 0 Å². The third-order valence-electron chi connectivity index (χ3n) is 3.88. The van der Waals surface area contributed by atoms with E-state index in [0.717, 1.165) is 19.4 Å². The molecule has 0 aromatic heterocycles. The molecule has 2 heteroatoms. The van der Waals surface area contributed by atoms with Crippen molar-refractivity contribution in [2.75, 3.05) is 18.5 Å². The molecule has 0 aliphatic heterocycles. The SMILES string of the molecule is Cc1cc(C)cc(N(C)CCCC(N)c2ccccc2)c1. The number of aryl methyl sites for hydroxylation is 2. The summed E-state index contributed by atoms with van der Waals surface area (Å²) in [6, 6.07) is 17.2. The van der Waals surface area contributed by atoms with Crippen molar-refractivity contribution in [1.82, 2.24) is 0 Å². The molecule has 2 rings (SSSR count). The Morgan fingerprint density at radius 2 is 1.62 bits per heavy atom. The predicted molar refractivity (Wildman–Crippen MR) is 91.8 cm³/mol. The standard InChI is InChI=1S/C19H26N2/c1-15-12-16(2)14-18(13-15)21(3)11-7-10-19(20)17-8-5-4-6-9-17/h4-6,8-9,12-14,19H,7,10-11,20H2,1-3H3. The lowest BCUT2D eigenvalue weighted by atomic mass is 10.0. The van der Waals surface area contributed by atoms with Gasteiger partial charge in [0, 0.05) is 25.3 Å². The largest absolute Gasteiger partial charge is 0.375 e. The van der Waals surface area contributed by atoms with Crippen LogP contribution in [0.2, 0.25) is 0 Å². The quantitative estimate of drug-likeness (QED) is 0.859. The van der Waals surface area contributed by atoms with Crippen molar-refractivity contribution < 1.29 is 0 Å². The zero-order valence-corrected chi connectivity index (χ0v) is 13.3. The van der Waals surface area contributed by atoms with E-state index in [1.807, 2.05) is 6.07 Å². The Hall–Kier alpha value is -1.80. The van der Waals surface area contributed by atoms with Gasteiger partial charge in [0.1, 0.15) is 0 Å². The van der Waals surface area contributed by atoms with E-state index < -0.39 is 0 Å². The van der Waals surface area contributed by atoms with Crippen LogP contribution in [0.25, 0.3) is 0 Å². The molecule has 2 N–H and O–H groups in total. The topological polar surface area (TPSA) is 29.3 Å². The summed E-state index contributed by atoms with van der Waals surface area (Å²) in [5, 5.41) is 0. The van der Waals surface area contributed by atoms with Crippen molar-refractivity contribution in [1.29, 1.82) is 0 Å². The highest BCUT2D eigenvalue weighted by atomic mass is 15.1. The minimum atomic E-state index is 0.138. The molecule has 0 aliphatic carbocycles. The molecule has 1 atom stereocenters. The molecule has 0 amide bonds. The van der Waals surface area contributed by atoms with E-state index in [1.54, 1.807) is 0 Å². The highest BCUT2D eigenvalue weighted by molar-refractivity contribution is 5.50. The minimum Gasteiger partial charge on any atom is -0.375 e. The fraction of sp³-hybridized carbons (Fsp3) is 0.368. The van der Waals surface area contributed by atoms with Crippen molar-refractivity contribution in [3.8, 4) is 0 Å². The van der Waals surface area contributed by atoms with Gasteiger partial charge in [-0.25, -0.2) is 0 Å². The summed E-state index contributed by atoms with van der Waals surface area (Å²) in [6.45, 7) is 5.33. The van der Waals surface area contributed by atoms with Gasteiger partial charge in [0.2, 0.25) is 0 Å². The summed E-state index contributed by atoms with van der Waals surface area (Å²) < 4.78 is 0.